The van der Waals surface area contributed by atoms with Crippen LogP contribution in [0.2, 0.25) is 5.15 Å². The highest BCUT2D eigenvalue weighted by atomic mass is 35.5. The molecule has 0 radical (unpaired) electrons. The van der Waals surface area contributed by atoms with Gasteiger partial charge in [-0.1, -0.05) is 44.4 Å². The fraction of sp³-hybridized carbons (Fsp3) is 0.667. The molecule has 0 atom stereocenters. The molecule has 3 N–H and O–H groups in total. The molecular weight excluding hydrogens is 324 g/mol. The Morgan fingerprint density at radius 2 is 1.92 bits per heavy atom. The number of rotatable bonds is 10. The minimum absolute atomic E-state index is 0.423. The van der Waals surface area contributed by atoms with Gasteiger partial charge in [-0.05, 0) is 37.8 Å². The van der Waals surface area contributed by atoms with Gasteiger partial charge in [0.2, 0.25) is 0 Å². The van der Waals surface area contributed by atoms with Crippen molar-refractivity contribution in [3.63, 3.8) is 0 Å². The van der Waals surface area contributed by atoms with E-state index in [1.807, 2.05) is 13.0 Å². The summed E-state index contributed by atoms with van der Waals surface area (Å²) in [5.74, 6) is 0.741. The normalized spacial score (nSPS) is 12.3. The van der Waals surface area contributed by atoms with Crippen molar-refractivity contribution >= 4 is 17.6 Å². The van der Waals surface area contributed by atoms with Gasteiger partial charge in [-0.15, -0.1) is 0 Å². The summed E-state index contributed by atoms with van der Waals surface area (Å²) < 4.78 is 0. The molecule has 1 rings (SSSR count). The third-order valence-electron chi connectivity index (χ3n) is 3.80. The molecule has 0 fully saturated rings. The minimum Gasteiger partial charge on any atom is -0.388 e. The number of nitrogens with zero attached hydrogens (tertiary/aromatic N) is 2. The minimum atomic E-state index is -0.702. The largest absolute Gasteiger partial charge is 0.388 e. The van der Waals surface area contributed by atoms with Crippen LogP contribution < -0.4 is 10.6 Å². The molecule has 1 aromatic heterocycles. The summed E-state index contributed by atoms with van der Waals surface area (Å²) in [5.41, 5.74) is 0.419. The second-order valence-electron chi connectivity index (χ2n) is 6.09. The van der Waals surface area contributed by atoms with Gasteiger partial charge in [-0.2, -0.15) is 0 Å². The number of hydrogen-bond acceptors (Lipinski definition) is 3. The van der Waals surface area contributed by atoms with Crippen LogP contribution in [0, 0.1) is 0 Å². The molecular formula is C18H31ClN4O. The van der Waals surface area contributed by atoms with Crippen LogP contribution in [0.1, 0.15) is 52.0 Å². The molecule has 0 saturated heterocycles. The van der Waals surface area contributed by atoms with E-state index in [1.165, 1.54) is 0 Å². The molecule has 0 aliphatic heterocycles. The lowest BCUT2D eigenvalue weighted by Crippen LogP contribution is -2.40. The van der Waals surface area contributed by atoms with Gasteiger partial charge in [0.25, 0.3) is 0 Å². The van der Waals surface area contributed by atoms with E-state index < -0.39 is 5.60 Å². The Morgan fingerprint density at radius 1 is 1.21 bits per heavy atom. The fourth-order valence-electron chi connectivity index (χ4n) is 2.66. The van der Waals surface area contributed by atoms with Gasteiger partial charge >= 0.3 is 0 Å². The number of guanidine groups is 1. The van der Waals surface area contributed by atoms with Crippen LogP contribution >= 0.6 is 11.6 Å². The predicted molar refractivity (Wildman–Crippen MR) is 102 cm³/mol. The van der Waals surface area contributed by atoms with Crippen LogP contribution in [0.4, 0.5) is 0 Å². The zero-order valence-corrected chi connectivity index (χ0v) is 15.9. The molecule has 0 unspecified atom stereocenters. The zero-order chi connectivity index (χ0) is 17.8. The molecule has 0 saturated carbocycles. The SMILES string of the molecule is CCCC(O)(CCC)CN=C(NCC)NCCc1ccc(Cl)nc1. The van der Waals surface area contributed by atoms with E-state index in [0.717, 1.165) is 56.7 Å². The molecule has 6 heteroatoms. The molecule has 1 aromatic rings. The van der Waals surface area contributed by atoms with Gasteiger partial charge in [-0.3, -0.25) is 4.99 Å². The summed E-state index contributed by atoms with van der Waals surface area (Å²) >= 11 is 5.79. The van der Waals surface area contributed by atoms with Crippen molar-refractivity contribution in [3.8, 4) is 0 Å². The highest BCUT2D eigenvalue weighted by Gasteiger charge is 2.24. The molecule has 0 spiro atoms. The van der Waals surface area contributed by atoms with Crippen molar-refractivity contribution in [1.82, 2.24) is 15.6 Å². The first kappa shape index (κ1) is 20.7. The first-order valence-electron chi connectivity index (χ1n) is 8.88. The summed E-state index contributed by atoms with van der Waals surface area (Å²) in [5, 5.41) is 17.7. The zero-order valence-electron chi connectivity index (χ0n) is 15.1. The van der Waals surface area contributed by atoms with Gasteiger partial charge in [-0.25, -0.2) is 4.98 Å². The van der Waals surface area contributed by atoms with E-state index in [9.17, 15) is 5.11 Å². The third-order valence-corrected chi connectivity index (χ3v) is 4.02. The maximum absolute atomic E-state index is 10.7. The molecule has 136 valence electrons. The fourth-order valence-corrected chi connectivity index (χ4v) is 2.77. The van der Waals surface area contributed by atoms with E-state index in [1.54, 1.807) is 12.3 Å². The average Bonchev–Trinajstić information content (AvgIpc) is 2.55. The van der Waals surface area contributed by atoms with Crippen LogP contribution in [0.15, 0.2) is 23.3 Å². The van der Waals surface area contributed by atoms with Crippen LogP contribution in [0.5, 0.6) is 0 Å². The number of pyridine rings is 1. The Morgan fingerprint density at radius 3 is 2.46 bits per heavy atom. The Kier molecular flexibility index (Phi) is 9.72. The second kappa shape index (κ2) is 11.3. The number of hydrogen-bond donors (Lipinski definition) is 3. The molecule has 24 heavy (non-hydrogen) atoms. The number of aliphatic imine (C=N–C) groups is 1. The summed E-state index contributed by atoms with van der Waals surface area (Å²) in [7, 11) is 0. The Labute approximate surface area is 150 Å². The Hall–Kier alpha value is -1.33. The van der Waals surface area contributed by atoms with Gasteiger partial charge in [0.05, 0.1) is 12.1 Å². The predicted octanol–water partition coefficient (Wildman–Crippen LogP) is 3.16. The molecule has 0 aliphatic rings. The number of aromatic nitrogens is 1. The van der Waals surface area contributed by atoms with E-state index in [0.29, 0.717) is 11.7 Å². The molecule has 0 aliphatic carbocycles. The van der Waals surface area contributed by atoms with E-state index in [2.05, 4.69) is 34.5 Å². The molecule has 0 aromatic carbocycles. The van der Waals surface area contributed by atoms with Crippen LogP contribution in [0.25, 0.3) is 0 Å². The number of nitrogens with one attached hydrogen (secondary N) is 2. The average molecular weight is 355 g/mol. The third kappa shape index (κ3) is 7.97. The van der Waals surface area contributed by atoms with Crippen molar-refractivity contribution in [3.05, 3.63) is 29.0 Å². The Bertz CT molecular complexity index is 484. The monoisotopic (exact) mass is 354 g/mol. The molecule has 1 heterocycles. The lowest BCUT2D eigenvalue weighted by atomic mass is 9.93. The summed E-state index contributed by atoms with van der Waals surface area (Å²) in [4.78, 5) is 8.66. The van der Waals surface area contributed by atoms with Crippen molar-refractivity contribution in [1.29, 1.82) is 0 Å². The van der Waals surface area contributed by atoms with Crippen LogP contribution in [-0.4, -0.2) is 41.3 Å². The molecule has 0 amide bonds. The van der Waals surface area contributed by atoms with Crippen molar-refractivity contribution in [2.75, 3.05) is 19.6 Å². The van der Waals surface area contributed by atoms with E-state index >= 15 is 0 Å². The van der Waals surface area contributed by atoms with E-state index in [4.69, 9.17) is 11.6 Å². The van der Waals surface area contributed by atoms with Crippen LogP contribution in [0.3, 0.4) is 0 Å². The van der Waals surface area contributed by atoms with Gasteiger partial charge in [0, 0.05) is 19.3 Å². The van der Waals surface area contributed by atoms with Gasteiger partial charge < -0.3 is 15.7 Å². The van der Waals surface area contributed by atoms with Crippen molar-refractivity contribution in [2.45, 2.75) is 58.5 Å². The number of aliphatic hydroxyl groups is 1. The molecule has 0 bridgehead atoms. The first-order valence-corrected chi connectivity index (χ1v) is 9.25. The van der Waals surface area contributed by atoms with Gasteiger partial charge in [0.15, 0.2) is 5.96 Å². The lowest BCUT2D eigenvalue weighted by Gasteiger charge is -2.26. The standard InChI is InChI=1S/C18H31ClN4O/c1-4-10-18(24,11-5-2)14-23-17(20-6-3)21-12-9-15-7-8-16(19)22-13-15/h7-8,13,24H,4-6,9-12,14H2,1-3H3,(H2,20,21,23). The first-order chi connectivity index (χ1) is 11.5. The highest BCUT2D eigenvalue weighted by Crippen LogP contribution is 2.19. The summed E-state index contributed by atoms with van der Waals surface area (Å²) in [6.07, 6.45) is 6.09. The summed E-state index contributed by atoms with van der Waals surface area (Å²) in [6.45, 7) is 8.17. The van der Waals surface area contributed by atoms with E-state index in [-0.39, 0.29) is 0 Å². The number of halogens is 1. The van der Waals surface area contributed by atoms with Crippen molar-refractivity contribution in [2.24, 2.45) is 4.99 Å². The Balaban J connectivity index is 2.56. The van der Waals surface area contributed by atoms with Gasteiger partial charge in [0.1, 0.15) is 5.15 Å². The maximum Gasteiger partial charge on any atom is 0.191 e. The van der Waals surface area contributed by atoms with Crippen LogP contribution in [-0.2, 0) is 6.42 Å². The molecule has 5 nitrogen and oxygen atoms in total. The topological polar surface area (TPSA) is 69.5 Å². The quantitative estimate of drug-likeness (QED) is 0.343. The van der Waals surface area contributed by atoms with Crippen molar-refractivity contribution < 1.29 is 5.11 Å². The summed E-state index contributed by atoms with van der Waals surface area (Å²) in [6, 6.07) is 3.77. The maximum atomic E-state index is 10.7. The smallest absolute Gasteiger partial charge is 0.191 e. The highest BCUT2D eigenvalue weighted by molar-refractivity contribution is 6.29. The lowest BCUT2D eigenvalue weighted by molar-refractivity contribution is 0.0306. The second-order valence-corrected chi connectivity index (χ2v) is 6.47.